The van der Waals surface area contributed by atoms with E-state index >= 15 is 0 Å². The van der Waals surface area contributed by atoms with Crippen LogP contribution in [-0.4, -0.2) is 42.3 Å². The highest BCUT2D eigenvalue weighted by Gasteiger charge is 2.17. The smallest absolute Gasteiger partial charge is 0.410 e. The van der Waals surface area contributed by atoms with E-state index in [0.717, 1.165) is 11.4 Å². The number of aromatic nitrogens is 1. The highest BCUT2D eigenvalue weighted by atomic mass is 35.5. The number of carbonyl (C=O) groups is 1. The van der Waals surface area contributed by atoms with Gasteiger partial charge in [0.15, 0.2) is 0 Å². The van der Waals surface area contributed by atoms with Crippen molar-refractivity contribution >= 4 is 18.5 Å². The minimum absolute atomic E-state index is 0. The molecule has 0 aromatic carbocycles. The van der Waals surface area contributed by atoms with Crippen LogP contribution in [0.5, 0.6) is 0 Å². The number of aryl methyl sites for hydroxylation is 1. The summed E-state index contributed by atoms with van der Waals surface area (Å²) in [7, 11) is 0. The first-order valence-corrected chi connectivity index (χ1v) is 5.68. The lowest BCUT2D eigenvalue weighted by atomic mass is 10.3. The van der Waals surface area contributed by atoms with Crippen LogP contribution in [0.1, 0.15) is 11.4 Å². The summed E-state index contributed by atoms with van der Waals surface area (Å²) in [5, 5.41) is 0. The maximum Gasteiger partial charge on any atom is 0.410 e. The third-order valence-electron chi connectivity index (χ3n) is 2.56. The summed E-state index contributed by atoms with van der Waals surface area (Å²) in [6.45, 7) is 4.49. The molecule has 100 valence electrons. The second-order valence-corrected chi connectivity index (χ2v) is 3.92. The van der Waals surface area contributed by atoms with Crippen molar-refractivity contribution in [1.82, 2.24) is 9.88 Å². The van der Waals surface area contributed by atoms with Gasteiger partial charge in [-0.2, -0.15) is 0 Å². The lowest BCUT2D eigenvalue weighted by Crippen LogP contribution is -2.40. The van der Waals surface area contributed by atoms with Gasteiger partial charge in [-0.3, -0.25) is 4.98 Å². The molecule has 0 N–H and O–H groups in total. The zero-order chi connectivity index (χ0) is 12.1. The zero-order valence-corrected chi connectivity index (χ0v) is 11.1. The molecule has 1 saturated heterocycles. The van der Waals surface area contributed by atoms with Gasteiger partial charge in [0.25, 0.3) is 0 Å². The predicted molar refractivity (Wildman–Crippen MR) is 68.8 cm³/mol. The first-order valence-electron chi connectivity index (χ1n) is 5.68. The summed E-state index contributed by atoms with van der Waals surface area (Å²) in [6, 6.07) is 5.66. The molecule has 1 aromatic rings. The zero-order valence-electron chi connectivity index (χ0n) is 10.3. The number of amides is 1. The molecule has 2 heterocycles. The fraction of sp³-hybridized carbons (Fsp3) is 0.500. The van der Waals surface area contributed by atoms with Crippen LogP contribution >= 0.6 is 12.4 Å². The largest absolute Gasteiger partial charge is 0.443 e. The van der Waals surface area contributed by atoms with Gasteiger partial charge in [-0.25, -0.2) is 4.79 Å². The van der Waals surface area contributed by atoms with Gasteiger partial charge >= 0.3 is 6.09 Å². The van der Waals surface area contributed by atoms with Crippen LogP contribution in [0.2, 0.25) is 0 Å². The van der Waals surface area contributed by atoms with Crippen LogP contribution in [0.3, 0.4) is 0 Å². The Bertz CT molecular complexity index is 395. The number of nitrogens with zero attached hydrogens (tertiary/aromatic N) is 2. The molecule has 1 aromatic heterocycles. The fourth-order valence-corrected chi connectivity index (χ4v) is 1.65. The van der Waals surface area contributed by atoms with Gasteiger partial charge in [-0.1, -0.05) is 6.07 Å². The minimum Gasteiger partial charge on any atom is -0.443 e. The van der Waals surface area contributed by atoms with E-state index in [4.69, 9.17) is 9.47 Å². The molecule has 0 atom stereocenters. The third-order valence-corrected chi connectivity index (χ3v) is 2.56. The maximum atomic E-state index is 11.7. The number of pyridine rings is 1. The van der Waals surface area contributed by atoms with Gasteiger partial charge in [0.1, 0.15) is 6.61 Å². The van der Waals surface area contributed by atoms with Crippen LogP contribution in [0, 0.1) is 6.92 Å². The SMILES string of the molecule is Cc1cccc(COC(=O)N2CCOCC2)n1.Cl. The minimum atomic E-state index is -0.295. The van der Waals surface area contributed by atoms with Crippen molar-refractivity contribution in [1.29, 1.82) is 0 Å². The molecule has 5 nitrogen and oxygen atoms in total. The van der Waals surface area contributed by atoms with Crippen LogP contribution in [0.25, 0.3) is 0 Å². The Hall–Kier alpha value is -1.33. The second kappa shape index (κ2) is 7.18. The van der Waals surface area contributed by atoms with E-state index in [0.29, 0.717) is 26.3 Å². The van der Waals surface area contributed by atoms with Crippen LogP contribution < -0.4 is 0 Å². The summed E-state index contributed by atoms with van der Waals surface area (Å²) in [4.78, 5) is 17.6. The van der Waals surface area contributed by atoms with E-state index in [1.54, 1.807) is 4.90 Å². The molecule has 1 aliphatic rings. The Morgan fingerprint density at radius 3 is 2.83 bits per heavy atom. The maximum absolute atomic E-state index is 11.7. The number of carbonyl (C=O) groups excluding carboxylic acids is 1. The van der Waals surface area contributed by atoms with E-state index in [2.05, 4.69) is 4.98 Å². The average molecular weight is 273 g/mol. The fourth-order valence-electron chi connectivity index (χ4n) is 1.65. The predicted octanol–water partition coefficient (Wildman–Crippen LogP) is 1.78. The Kier molecular flexibility index (Phi) is 5.88. The molecule has 6 heteroatoms. The van der Waals surface area contributed by atoms with Gasteiger partial charge in [-0.15, -0.1) is 12.4 Å². The van der Waals surface area contributed by atoms with E-state index in [1.165, 1.54) is 0 Å². The number of morpholine rings is 1. The molecular weight excluding hydrogens is 256 g/mol. The van der Waals surface area contributed by atoms with E-state index in [-0.39, 0.29) is 25.1 Å². The summed E-state index contributed by atoms with van der Waals surface area (Å²) in [5.41, 5.74) is 1.69. The van der Waals surface area contributed by atoms with Crippen LogP contribution in [0.15, 0.2) is 18.2 Å². The molecule has 1 aliphatic heterocycles. The first kappa shape index (κ1) is 14.7. The Labute approximate surface area is 113 Å². The Morgan fingerprint density at radius 1 is 1.44 bits per heavy atom. The molecular formula is C12H17ClN2O3. The van der Waals surface area contributed by atoms with Crippen molar-refractivity contribution in [3.8, 4) is 0 Å². The number of halogens is 1. The molecule has 0 spiro atoms. The van der Waals surface area contributed by atoms with Crippen LogP contribution in [0.4, 0.5) is 4.79 Å². The summed E-state index contributed by atoms with van der Waals surface area (Å²) in [6.07, 6.45) is -0.295. The molecule has 1 fully saturated rings. The molecule has 0 unspecified atom stereocenters. The van der Waals surface area contributed by atoms with E-state index < -0.39 is 0 Å². The van der Waals surface area contributed by atoms with Crippen LogP contribution in [-0.2, 0) is 16.1 Å². The summed E-state index contributed by atoms with van der Waals surface area (Å²) < 4.78 is 10.4. The molecule has 1 amide bonds. The Morgan fingerprint density at radius 2 is 2.17 bits per heavy atom. The van der Waals surface area contributed by atoms with Gasteiger partial charge in [0, 0.05) is 18.8 Å². The van der Waals surface area contributed by atoms with Crippen molar-refractivity contribution in [2.45, 2.75) is 13.5 Å². The number of rotatable bonds is 2. The molecule has 0 radical (unpaired) electrons. The second-order valence-electron chi connectivity index (χ2n) is 3.92. The normalized spacial score (nSPS) is 14.8. The Balaban J connectivity index is 0.00000162. The molecule has 0 bridgehead atoms. The van der Waals surface area contributed by atoms with Gasteiger partial charge in [0.05, 0.1) is 18.9 Å². The molecule has 0 aliphatic carbocycles. The highest BCUT2D eigenvalue weighted by Crippen LogP contribution is 2.04. The van der Waals surface area contributed by atoms with Gasteiger partial charge in [0.2, 0.25) is 0 Å². The summed E-state index contributed by atoms with van der Waals surface area (Å²) >= 11 is 0. The number of hydrogen-bond donors (Lipinski definition) is 0. The van der Waals surface area contributed by atoms with Crippen molar-refractivity contribution < 1.29 is 14.3 Å². The standard InChI is InChI=1S/C12H16N2O3.ClH/c1-10-3-2-4-11(13-10)9-17-12(15)14-5-7-16-8-6-14;/h2-4H,5-9H2,1H3;1H. The third kappa shape index (κ3) is 4.16. The van der Waals surface area contributed by atoms with Crippen molar-refractivity contribution in [2.75, 3.05) is 26.3 Å². The monoisotopic (exact) mass is 272 g/mol. The lowest BCUT2D eigenvalue weighted by Gasteiger charge is -2.25. The number of ether oxygens (including phenoxy) is 2. The topological polar surface area (TPSA) is 51.7 Å². The molecule has 0 saturated carbocycles. The van der Waals surface area contributed by atoms with Crippen molar-refractivity contribution in [2.24, 2.45) is 0 Å². The molecule has 18 heavy (non-hydrogen) atoms. The van der Waals surface area contributed by atoms with Gasteiger partial charge in [-0.05, 0) is 19.1 Å². The number of hydrogen-bond acceptors (Lipinski definition) is 4. The van der Waals surface area contributed by atoms with Crippen molar-refractivity contribution in [3.05, 3.63) is 29.6 Å². The van der Waals surface area contributed by atoms with Crippen molar-refractivity contribution in [3.63, 3.8) is 0 Å². The quantitative estimate of drug-likeness (QED) is 0.824. The first-order chi connectivity index (χ1) is 8.25. The lowest BCUT2D eigenvalue weighted by molar-refractivity contribution is 0.0246. The highest BCUT2D eigenvalue weighted by molar-refractivity contribution is 5.85. The van der Waals surface area contributed by atoms with E-state index in [1.807, 2.05) is 25.1 Å². The van der Waals surface area contributed by atoms with Gasteiger partial charge < -0.3 is 14.4 Å². The summed E-state index contributed by atoms with van der Waals surface area (Å²) in [5.74, 6) is 0. The van der Waals surface area contributed by atoms with E-state index in [9.17, 15) is 4.79 Å². The molecule has 2 rings (SSSR count). The average Bonchev–Trinajstić information content (AvgIpc) is 2.37.